The SMILES string of the molecule is Cc1ccc(N2c3ccccc3C3(c4ccccc4-c4ccccc43)c3cc(C)ccc32)cc1. The van der Waals surface area contributed by atoms with Crippen LogP contribution in [0.1, 0.15) is 33.4 Å². The Balaban J connectivity index is 1.66. The van der Waals surface area contributed by atoms with E-state index in [1.807, 2.05) is 0 Å². The number of anilines is 3. The van der Waals surface area contributed by atoms with Crippen molar-refractivity contribution in [3.05, 3.63) is 149 Å². The number of rotatable bonds is 1. The molecule has 0 aromatic heterocycles. The molecule has 0 saturated heterocycles. The molecule has 162 valence electrons. The van der Waals surface area contributed by atoms with Gasteiger partial charge in [0.25, 0.3) is 0 Å². The highest BCUT2D eigenvalue weighted by Crippen LogP contribution is 2.63. The molecule has 0 fully saturated rings. The van der Waals surface area contributed by atoms with Gasteiger partial charge < -0.3 is 4.90 Å². The van der Waals surface area contributed by atoms with Crippen LogP contribution in [-0.2, 0) is 5.41 Å². The molecule has 0 saturated carbocycles. The topological polar surface area (TPSA) is 3.24 Å². The molecule has 0 amide bonds. The number of benzene rings is 5. The maximum atomic E-state index is 2.44. The molecule has 0 N–H and O–H groups in total. The highest BCUT2D eigenvalue weighted by molar-refractivity contribution is 5.95. The Kier molecular flexibility index (Phi) is 3.96. The molecule has 5 aromatic carbocycles. The summed E-state index contributed by atoms with van der Waals surface area (Å²) in [6.45, 7) is 4.35. The molecule has 1 heteroatoms. The number of hydrogen-bond donors (Lipinski definition) is 0. The largest absolute Gasteiger partial charge is 0.310 e. The van der Waals surface area contributed by atoms with Crippen LogP contribution < -0.4 is 4.90 Å². The molecule has 0 bridgehead atoms. The quantitative estimate of drug-likeness (QED) is 0.250. The first-order valence-corrected chi connectivity index (χ1v) is 12.0. The highest BCUT2D eigenvalue weighted by atomic mass is 15.2. The van der Waals surface area contributed by atoms with Gasteiger partial charge in [0.15, 0.2) is 0 Å². The fraction of sp³-hybridized carbons (Fsp3) is 0.0909. The van der Waals surface area contributed by atoms with Crippen molar-refractivity contribution in [2.24, 2.45) is 0 Å². The Morgan fingerprint density at radius 1 is 0.471 bits per heavy atom. The summed E-state index contributed by atoms with van der Waals surface area (Å²) in [7, 11) is 0. The number of hydrogen-bond acceptors (Lipinski definition) is 1. The maximum Gasteiger partial charge on any atom is 0.0754 e. The van der Waals surface area contributed by atoms with Crippen LogP contribution in [0.2, 0.25) is 0 Å². The minimum absolute atomic E-state index is 0.341. The Bertz CT molecular complexity index is 1530. The normalized spacial score (nSPS) is 14.4. The second kappa shape index (κ2) is 6.95. The van der Waals surface area contributed by atoms with Gasteiger partial charge in [-0.05, 0) is 71.5 Å². The van der Waals surface area contributed by atoms with E-state index in [2.05, 4.69) is 134 Å². The van der Waals surface area contributed by atoms with Gasteiger partial charge in [0.05, 0.1) is 16.8 Å². The minimum atomic E-state index is -0.341. The van der Waals surface area contributed by atoms with E-state index in [0.717, 1.165) is 0 Å². The standard InChI is InChI=1S/C33H25N/c1-22-15-18-24(19-16-22)34-31-14-8-7-13-29(31)33(30-21-23(2)17-20-32(30)34)27-11-5-3-9-25(27)26-10-4-6-12-28(26)33/h3-21H,1-2H3. The number of nitrogens with zero attached hydrogens (tertiary/aromatic N) is 1. The first-order valence-electron chi connectivity index (χ1n) is 12.0. The molecule has 34 heavy (non-hydrogen) atoms. The molecule has 2 aliphatic rings. The molecule has 5 aromatic rings. The summed E-state index contributed by atoms with van der Waals surface area (Å²) in [5.41, 5.74) is 14.0. The zero-order chi connectivity index (χ0) is 22.9. The zero-order valence-corrected chi connectivity index (χ0v) is 19.4. The van der Waals surface area contributed by atoms with Crippen LogP contribution in [0.5, 0.6) is 0 Å². The fourth-order valence-corrected chi connectivity index (χ4v) is 6.19. The van der Waals surface area contributed by atoms with Crippen molar-refractivity contribution in [1.82, 2.24) is 0 Å². The van der Waals surface area contributed by atoms with Crippen molar-refractivity contribution in [2.75, 3.05) is 4.90 Å². The summed E-state index contributed by atoms with van der Waals surface area (Å²) in [6.07, 6.45) is 0. The third-order valence-electron chi connectivity index (χ3n) is 7.59. The molecule has 7 rings (SSSR count). The molecule has 0 radical (unpaired) electrons. The first-order chi connectivity index (χ1) is 16.7. The summed E-state index contributed by atoms with van der Waals surface area (Å²) in [6, 6.07) is 42.8. The first kappa shape index (κ1) is 19.4. The smallest absolute Gasteiger partial charge is 0.0754 e. The number of fused-ring (bicyclic) bond motifs is 9. The average molecular weight is 436 g/mol. The van der Waals surface area contributed by atoms with Gasteiger partial charge in [-0.3, -0.25) is 0 Å². The second-order valence-corrected chi connectivity index (χ2v) is 9.55. The lowest BCUT2D eigenvalue weighted by atomic mass is 9.64. The minimum Gasteiger partial charge on any atom is -0.310 e. The second-order valence-electron chi connectivity index (χ2n) is 9.55. The summed E-state index contributed by atoms with van der Waals surface area (Å²) < 4.78 is 0. The van der Waals surface area contributed by atoms with Crippen molar-refractivity contribution >= 4 is 17.1 Å². The van der Waals surface area contributed by atoms with E-state index in [9.17, 15) is 0 Å². The average Bonchev–Trinajstić information content (AvgIpc) is 3.17. The van der Waals surface area contributed by atoms with Gasteiger partial charge in [0, 0.05) is 5.69 Å². The Hall–Kier alpha value is -4.10. The van der Waals surface area contributed by atoms with Crippen LogP contribution in [0.3, 0.4) is 0 Å². The van der Waals surface area contributed by atoms with Crippen LogP contribution >= 0.6 is 0 Å². The van der Waals surface area contributed by atoms with Gasteiger partial charge in [0.2, 0.25) is 0 Å². The molecule has 1 nitrogen and oxygen atoms in total. The third-order valence-corrected chi connectivity index (χ3v) is 7.59. The molecule has 1 spiro atoms. The molecule has 0 atom stereocenters. The number of aryl methyl sites for hydroxylation is 2. The maximum absolute atomic E-state index is 2.44. The summed E-state index contributed by atoms with van der Waals surface area (Å²) in [5.74, 6) is 0. The summed E-state index contributed by atoms with van der Waals surface area (Å²) in [5, 5.41) is 0. The Morgan fingerprint density at radius 3 is 1.68 bits per heavy atom. The molecular formula is C33H25N. The van der Waals surface area contributed by atoms with Crippen molar-refractivity contribution in [3.8, 4) is 11.1 Å². The highest BCUT2D eigenvalue weighted by Gasteiger charge is 2.51. The zero-order valence-electron chi connectivity index (χ0n) is 19.4. The van der Waals surface area contributed by atoms with E-state index in [4.69, 9.17) is 0 Å². The van der Waals surface area contributed by atoms with Crippen LogP contribution in [0.4, 0.5) is 17.1 Å². The van der Waals surface area contributed by atoms with Gasteiger partial charge in [-0.2, -0.15) is 0 Å². The van der Waals surface area contributed by atoms with Gasteiger partial charge >= 0.3 is 0 Å². The van der Waals surface area contributed by atoms with Gasteiger partial charge in [0.1, 0.15) is 0 Å². The number of para-hydroxylation sites is 1. The van der Waals surface area contributed by atoms with Crippen LogP contribution in [0.25, 0.3) is 11.1 Å². The van der Waals surface area contributed by atoms with Gasteiger partial charge in [-0.15, -0.1) is 0 Å². The fourth-order valence-electron chi connectivity index (χ4n) is 6.19. The predicted molar refractivity (Wildman–Crippen MR) is 141 cm³/mol. The lowest BCUT2D eigenvalue weighted by Gasteiger charge is -2.45. The van der Waals surface area contributed by atoms with Crippen molar-refractivity contribution in [1.29, 1.82) is 0 Å². The van der Waals surface area contributed by atoms with E-state index < -0.39 is 0 Å². The van der Waals surface area contributed by atoms with E-state index in [-0.39, 0.29) is 5.41 Å². The van der Waals surface area contributed by atoms with Crippen LogP contribution in [-0.4, -0.2) is 0 Å². The van der Waals surface area contributed by atoms with Crippen molar-refractivity contribution in [3.63, 3.8) is 0 Å². The van der Waals surface area contributed by atoms with Crippen LogP contribution in [0.15, 0.2) is 115 Å². The van der Waals surface area contributed by atoms with E-state index in [1.165, 1.54) is 61.6 Å². The third kappa shape index (κ3) is 2.39. The molecule has 1 aliphatic heterocycles. The molecule has 0 unspecified atom stereocenters. The predicted octanol–water partition coefficient (Wildman–Crippen LogP) is 8.45. The van der Waals surface area contributed by atoms with E-state index in [0.29, 0.717) is 0 Å². The lowest BCUT2D eigenvalue weighted by molar-refractivity contribution is 0.751. The lowest BCUT2D eigenvalue weighted by Crippen LogP contribution is -2.36. The molecule has 1 heterocycles. The van der Waals surface area contributed by atoms with Crippen molar-refractivity contribution in [2.45, 2.75) is 19.3 Å². The molecule has 1 aliphatic carbocycles. The summed E-state index contributed by atoms with van der Waals surface area (Å²) >= 11 is 0. The van der Waals surface area contributed by atoms with E-state index >= 15 is 0 Å². The molecular weight excluding hydrogens is 410 g/mol. The monoisotopic (exact) mass is 435 g/mol. The summed E-state index contributed by atoms with van der Waals surface area (Å²) in [4.78, 5) is 2.44. The van der Waals surface area contributed by atoms with Crippen molar-refractivity contribution < 1.29 is 0 Å². The van der Waals surface area contributed by atoms with E-state index in [1.54, 1.807) is 0 Å². The van der Waals surface area contributed by atoms with Gasteiger partial charge in [-0.1, -0.05) is 102 Å². The van der Waals surface area contributed by atoms with Gasteiger partial charge in [-0.25, -0.2) is 0 Å². The Labute approximate surface area is 201 Å². The Morgan fingerprint density at radius 2 is 1.00 bits per heavy atom. The van der Waals surface area contributed by atoms with Crippen LogP contribution in [0, 0.1) is 13.8 Å².